The van der Waals surface area contributed by atoms with Crippen LogP contribution < -0.4 is 10.2 Å². The second kappa shape index (κ2) is 6.76. The molecule has 1 aliphatic rings. The fraction of sp³-hybridized carbons (Fsp3) is 0.500. The van der Waals surface area contributed by atoms with Crippen LogP contribution in [-0.4, -0.2) is 25.5 Å². The van der Waals surface area contributed by atoms with Crippen LogP contribution in [0.5, 0.6) is 0 Å². The van der Waals surface area contributed by atoms with Crippen molar-refractivity contribution in [3.63, 3.8) is 0 Å². The molecule has 0 bridgehead atoms. The lowest BCUT2D eigenvalue weighted by molar-refractivity contribution is -0.120. The minimum Gasteiger partial charge on any atom is -0.314 e. The standard InChI is InChI=1S/C14H20N2O.ClH/c1-11-6-8-12(9-7-11)16(2)14(17)13-5-3-4-10-15-13;/h6-9,13,15H,3-5,10H2,1-2H3;1H. The van der Waals surface area contributed by atoms with Crippen molar-refractivity contribution < 1.29 is 4.79 Å². The number of halogens is 1. The number of hydrogen-bond acceptors (Lipinski definition) is 2. The largest absolute Gasteiger partial charge is 0.314 e. The van der Waals surface area contributed by atoms with Crippen LogP contribution in [0.3, 0.4) is 0 Å². The molecule has 18 heavy (non-hydrogen) atoms. The van der Waals surface area contributed by atoms with E-state index in [4.69, 9.17) is 0 Å². The predicted molar refractivity (Wildman–Crippen MR) is 77.5 cm³/mol. The number of likely N-dealkylation sites (N-methyl/N-ethyl adjacent to an activating group) is 1. The van der Waals surface area contributed by atoms with Crippen molar-refractivity contribution in [1.82, 2.24) is 5.32 Å². The van der Waals surface area contributed by atoms with Crippen LogP contribution in [0.25, 0.3) is 0 Å². The molecule has 1 amide bonds. The highest BCUT2D eigenvalue weighted by molar-refractivity contribution is 5.96. The Bertz CT molecular complexity index is 385. The number of nitrogens with one attached hydrogen (secondary N) is 1. The minimum absolute atomic E-state index is 0. The van der Waals surface area contributed by atoms with Gasteiger partial charge in [-0.15, -0.1) is 12.4 Å². The normalized spacial score (nSPS) is 18.9. The Balaban J connectivity index is 0.00000162. The number of benzene rings is 1. The summed E-state index contributed by atoms with van der Waals surface area (Å²) in [4.78, 5) is 14.0. The van der Waals surface area contributed by atoms with E-state index in [1.165, 1.54) is 12.0 Å². The van der Waals surface area contributed by atoms with Crippen molar-refractivity contribution >= 4 is 24.0 Å². The van der Waals surface area contributed by atoms with Crippen molar-refractivity contribution in [3.05, 3.63) is 29.8 Å². The highest BCUT2D eigenvalue weighted by Crippen LogP contribution is 2.17. The number of rotatable bonds is 2. The van der Waals surface area contributed by atoms with Gasteiger partial charge < -0.3 is 10.2 Å². The summed E-state index contributed by atoms with van der Waals surface area (Å²) in [5.41, 5.74) is 2.18. The smallest absolute Gasteiger partial charge is 0.243 e. The van der Waals surface area contributed by atoms with Gasteiger partial charge in [-0.3, -0.25) is 4.79 Å². The van der Waals surface area contributed by atoms with Crippen LogP contribution in [-0.2, 0) is 4.79 Å². The van der Waals surface area contributed by atoms with E-state index < -0.39 is 0 Å². The predicted octanol–water partition coefficient (Wildman–Crippen LogP) is 2.52. The number of anilines is 1. The van der Waals surface area contributed by atoms with E-state index in [-0.39, 0.29) is 24.4 Å². The molecule has 3 nitrogen and oxygen atoms in total. The Morgan fingerprint density at radius 3 is 2.50 bits per heavy atom. The molecule has 2 rings (SSSR count). The SMILES string of the molecule is Cc1ccc(N(C)C(=O)C2CCCCN2)cc1.Cl. The minimum atomic E-state index is -0.00458. The van der Waals surface area contributed by atoms with Crippen molar-refractivity contribution in [1.29, 1.82) is 0 Å². The van der Waals surface area contributed by atoms with E-state index >= 15 is 0 Å². The zero-order valence-electron chi connectivity index (χ0n) is 11.0. The van der Waals surface area contributed by atoms with Gasteiger partial charge in [0.25, 0.3) is 0 Å². The number of amides is 1. The summed E-state index contributed by atoms with van der Waals surface area (Å²) in [6.45, 7) is 3.01. The van der Waals surface area contributed by atoms with E-state index in [2.05, 4.69) is 5.32 Å². The Morgan fingerprint density at radius 1 is 1.28 bits per heavy atom. The zero-order chi connectivity index (χ0) is 12.3. The van der Waals surface area contributed by atoms with Gasteiger partial charge in [0.1, 0.15) is 0 Å². The first kappa shape index (κ1) is 15.0. The van der Waals surface area contributed by atoms with Gasteiger partial charge in [-0.2, -0.15) is 0 Å². The van der Waals surface area contributed by atoms with Crippen molar-refractivity contribution in [2.45, 2.75) is 32.2 Å². The molecule has 0 spiro atoms. The second-order valence-electron chi connectivity index (χ2n) is 4.74. The summed E-state index contributed by atoms with van der Waals surface area (Å²) in [6.07, 6.45) is 3.28. The van der Waals surface area contributed by atoms with E-state index in [0.717, 1.165) is 25.1 Å². The number of hydrogen-bond donors (Lipinski definition) is 1. The Hall–Kier alpha value is -1.06. The van der Waals surface area contributed by atoms with Gasteiger partial charge in [-0.25, -0.2) is 0 Å². The topological polar surface area (TPSA) is 32.3 Å². The molecule has 1 aliphatic heterocycles. The van der Waals surface area contributed by atoms with Gasteiger partial charge in [0.15, 0.2) is 0 Å². The molecular weight excluding hydrogens is 248 g/mol. The van der Waals surface area contributed by atoms with Gasteiger partial charge >= 0.3 is 0 Å². The van der Waals surface area contributed by atoms with Crippen LogP contribution in [0, 0.1) is 6.92 Å². The number of carbonyl (C=O) groups excluding carboxylic acids is 1. The van der Waals surface area contributed by atoms with Gasteiger partial charge in [0.05, 0.1) is 6.04 Å². The lowest BCUT2D eigenvalue weighted by atomic mass is 10.0. The van der Waals surface area contributed by atoms with Crippen molar-refractivity contribution in [3.8, 4) is 0 Å². The van der Waals surface area contributed by atoms with Crippen LogP contribution in [0.2, 0.25) is 0 Å². The zero-order valence-corrected chi connectivity index (χ0v) is 11.8. The average molecular weight is 269 g/mol. The Kier molecular flexibility index (Phi) is 5.63. The molecule has 1 fully saturated rings. The first-order valence-electron chi connectivity index (χ1n) is 6.26. The van der Waals surface area contributed by atoms with Gasteiger partial charge in [-0.05, 0) is 38.4 Å². The molecule has 1 aromatic rings. The Morgan fingerprint density at radius 2 is 1.94 bits per heavy atom. The van der Waals surface area contributed by atoms with Crippen LogP contribution in [0.1, 0.15) is 24.8 Å². The van der Waals surface area contributed by atoms with E-state index in [1.807, 2.05) is 38.2 Å². The van der Waals surface area contributed by atoms with E-state index in [1.54, 1.807) is 4.90 Å². The molecule has 0 aliphatic carbocycles. The maximum absolute atomic E-state index is 12.2. The third-order valence-electron chi connectivity index (χ3n) is 3.36. The van der Waals surface area contributed by atoms with Gasteiger partial charge in [0.2, 0.25) is 5.91 Å². The average Bonchev–Trinajstić information content (AvgIpc) is 2.39. The summed E-state index contributed by atoms with van der Waals surface area (Å²) in [5, 5.41) is 3.29. The molecule has 4 heteroatoms. The molecule has 0 saturated carbocycles. The lowest BCUT2D eigenvalue weighted by Gasteiger charge is -2.27. The number of aryl methyl sites for hydroxylation is 1. The molecule has 0 radical (unpaired) electrons. The number of nitrogens with zero attached hydrogens (tertiary/aromatic N) is 1. The third kappa shape index (κ3) is 3.47. The summed E-state index contributed by atoms with van der Waals surface area (Å²) in [6, 6.07) is 8.06. The fourth-order valence-corrected chi connectivity index (χ4v) is 2.19. The second-order valence-corrected chi connectivity index (χ2v) is 4.74. The highest BCUT2D eigenvalue weighted by atomic mass is 35.5. The molecule has 1 N–H and O–H groups in total. The third-order valence-corrected chi connectivity index (χ3v) is 3.36. The highest BCUT2D eigenvalue weighted by Gasteiger charge is 2.24. The number of carbonyl (C=O) groups is 1. The monoisotopic (exact) mass is 268 g/mol. The maximum Gasteiger partial charge on any atom is 0.243 e. The first-order chi connectivity index (χ1) is 8.18. The van der Waals surface area contributed by atoms with Crippen molar-refractivity contribution in [2.75, 3.05) is 18.5 Å². The van der Waals surface area contributed by atoms with Crippen LogP contribution in [0.15, 0.2) is 24.3 Å². The molecule has 1 heterocycles. The maximum atomic E-state index is 12.2. The quantitative estimate of drug-likeness (QED) is 0.894. The van der Waals surface area contributed by atoms with E-state index in [0.29, 0.717) is 0 Å². The lowest BCUT2D eigenvalue weighted by Crippen LogP contribution is -2.47. The molecule has 1 atom stereocenters. The fourth-order valence-electron chi connectivity index (χ4n) is 2.19. The van der Waals surface area contributed by atoms with Crippen LogP contribution >= 0.6 is 12.4 Å². The molecule has 0 aromatic heterocycles. The molecule has 1 unspecified atom stereocenters. The van der Waals surface area contributed by atoms with Crippen LogP contribution in [0.4, 0.5) is 5.69 Å². The van der Waals surface area contributed by atoms with Crippen molar-refractivity contribution in [2.24, 2.45) is 0 Å². The summed E-state index contributed by atoms with van der Waals surface area (Å²) < 4.78 is 0. The summed E-state index contributed by atoms with van der Waals surface area (Å²) >= 11 is 0. The number of piperidine rings is 1. The molecule has 100 valence electrons. The molecule has 1 aromatic carbocycles. The van der Waals surface area contributed by atoms with Gasteiger partial charge in [-0.1, -0.05) is 24.1 Å². The summed E-state index contributed by atoms with van der Waals surface area (Å²) in [5.74, 6) is 0.175. The molecular formula is C14H21ClN2O. The van der Waals surface area contributed by atoms with Gasteiger partial charge in [0, 0.05) is 12.7 Å². The Labute approximate surface area is 115 Å². The summed E-state index contributed by atoms with van der Waals surface area (Å²) in [7, 11) is 1.85. The first-order valence-corrected chi connectivity index (χ1v) is 6.26. The van der Waals surface area contributed by atoms with E-state index in [9.17, 15) is 4.79 Å². The molecule has 1 saturated heterocycles.